The molecule has 0 radical (unpaired) electrons. The van der Waals surface area contributed by atoms with Crippen LogP contribution in [0.3, 0.4) is 0 Å². The fourth-order valence-electron chi connectivity index (χ4n) is 1.71. The molecule has 0 fully saturated rings. The number of benzene rings is 1. The summed E-state index contributed by atoms with van der Waals surface area (Å²) in [7, 11) is 1.21. The summed E-state index contributed by atoms with van der Waals surface area (Å²) < 4.78 is 43.5. The lowest BCUT2D eigenvalue weighted by molar-refractivity contribution is -0.139. The predicted octanol–water partition coefficient (Wildman–Crippen LogP) is 2.99. The molecule has 0 amide bonds. The van der Waals surface area contributed by atoms with Gasteiger partial charge in [-0.15, -0.1) is 0 Å². The summed E-state index contributed by atoms with van der Waals surface area (Å²) in [5.41, 5.74) is 0.617. The molecule has 2 rings (SSSR count). The molecule has 0 saturated heterocycles. The number of aromatic nitrogens is 2. The number of hydrogen-bond acceptors (Lipinski definition) is 3. The number of ether oxygens (including phenoxy) is 1. The summed E-state index contributed by atoms with van der Waals surface area (Å²) in [5.74, 6) is -0.624. The largest absolute Gasteiger partial charge is 0.465 e. The highest BCUT2D eigenvalue weighted by Gasteiger charge is 2.29. The van der Waals surface area contributed by atoms with E-state index in [0.29, 0.717) is 3.57 Å². The fraction of sp³-hybridized carbons (Fsp3) is 0.273. The number of carbonyl (C=O) groups is 1. The highest BCUT2D eigenvalue weighted by atomic mass is 127. The van der Waals surface area contributed by atoms with Gasteiger partial charge in [0.25, 0.3) is 0 Å². The van der Waals surface area contributed by atoms with Crippen LogP contribution in [0.5, 0.6) is 0 Å². The molecule has 1 aromatic carbocycles. The van der Waals surface area contributed by atoms with E-state index in [1.807, 2.05) is 22.6 Å². The van der Waals surface area contributed by atoms with Gasteiger partial charge in [0.2, 0.25) is 0 Å². The van der Waals surface area contributed by atoms with E-state index in [1.165, 1.54) is 13.2 Å². The van der Waals surface area contributed by atoms with Crippen LogP contribution in [0.15, 0.2) is 18.5 Å². The van der Waals surface area contributed by atoms with Crippen molar-refractivity contribution in [2.75, 3.05) is 7.11 Å². The van der Waals surface area contributed by atoms with Gasteiger partial charge < -0.3 is 9.30 Å². The van der Waals surface area contributed by atoms with Crippen LogP contribution in [-0.2, 0) is 11.3 Å². The van der Waals surface area contributed by atoms with E-state index < -0.39 is 18.7 Å². The van der Waals surface area contributed by atoms with Crippen molar-refractivity contribution in [1.82, 2.24) is 9.55 Å². The number of alkyl halides is 3. The van der Waals surface area contributed by atoms with Crippen LogP contribution >= 0.6 is 22.6 Å². The third-order valence-corrected chi connectivity index (χ3v) is 3.07. The van der Waals surface area contributed by atoms with Crippen LogP contribution in [0.2, 0.25) is 0 Å². The number of carbonyl (C=O) groups excluding carboxylic acids is 1. The fourth-order valence-corrected chi connectivity index (χ4v) is 2.32. The molecule has 0 aliphatic rings. The summed E-state index contributed by atoms with van der Waals surface area (Å²) in [4.78, 5) is 15.4. The van der Waals surface area contributed by atoms with Crippen LogP contribution in [0.25, 0.3) is 11.0 Å². The quantitative estimate of drug-likeness (QED) is 0.591. The first-order chi connectivity index (χ1) is 8.81. The Morgan fingerprint density at radius 1 is 1.47 bits per heavy atom. The minimum Gasteiger partial charge on any atom is -0.465 e. The average Bonchev–Trinajstić information content (AvgIpc) is 2.68. The molecule has 4 nitrogen and oxygen atoms in total. The molecule has 0 unspecified atom stereocenters. The monoisotopic (exact) mass is 384 g/mol. The predicted molar refractivity (Wildman–Crippen MR) is 69.8 cm³/mol. The first-order valence-electron chi connectivity index (χ1n) is 5.11. The van der Waals surface area contributed by atoms with Gasteiger partial charge in [0.15, 0.2) is 0 Å². The molecule has 1 heterocycles. The van der Waals surface area contributed by atoms with E-state index >= 15 is 0 Å². The Kier molecular flexibility index (Phi) is 3.70. The Morgan fingerprint density at radius 2 is 2.16 bits per heavy atom. The van der Waals surface area contributed by atoms with E-state index in [4.69, 9.17) is 0 Å². The van der Waals surface area contributed by atoms with Crippen molar-refractivity contribution in [2.45, 2.75) is 12.7 Å². The first-order valence-corrected chi connectivity index (χ1v) is 6.19. The molecule has 1 aromatic heterocycles. The van der Waals surface area contributed by atoms with Gasteiger partial charge in [0.05, 0.1) is 24.5 Å². The van der Waals surface area contributed by atoms with Gasteiger partial charge in [-0.05, 0) is 34.7 Å². The minimum absolute atomic E-state index is 0.158. The molecule has 0 bridgehead atoms. The van der Waals surface area contributed by atoms with Crippen LogP contribution in [0.1, 0.15) is 10.4 Å². The van der Waals surface area contributed by atoms with E-state index in [0.717, 1.165) is 10.9 Å². The highest BCUT2D eigenvalue weighted by Crippen LogP contribution is 2.25. The first kappa shape index (κ1) is 14.1. The summed E-state index contributed by atoms with van der Waals surface area (Å²) in [5, 5.41) is 0. The summed E-state index contributed by atoms with van der Waals surface area (Å²) in [6.45, 7) is -1.15. The standard InChI is InChI=1S/C11H8F3IN2O2/c1-19-10(18)7-2-6(15)3-8-9(7)16-5-17(8)4-11(12,13)14/h2-3,5H,4H2,1H3. The van der Waals surface area contributed by atoms with Crippen molar-refractivity contribution < 1.29 is 22.7 Å². The van der Waals surface area contributed by atoms with Crippen molar-refractivity contribution >= 4 is 39.6 Å². The molecule has 2 aromatic rings. The maximum atomic E-state index is 12.4. The number of nitrogens with zero attached hydrogens (tertiary/aromatic N) is 2. The van der Waals surface area contributed by atoms with Crippen LogP contribution in [0.4, 0.5) is 13.2 Å². The maximum Gasteiger partial charge on any atom is 0.406 e. The van der Waals surface area contributed by atoms with Crippen LogP contribution in [0, 0.1) is 3.57 Å². The van der Waals surface area contributed by atoms with Crippen molar-refractivity contribution in [3.8, 4) is 0 Å². The summed E-state index contributed by atoms with van der Waals surface area (Å²) in [6, 6.07) is 3.07. The highest BCUT2D eigenvalue weighted by molar-refractivity contribution is 14.1. The maximum absolute atomic E-state index is 12.4. The van der Waals surface area contributed by atoms with Gasteiger partial charge >= 0.3 is 12.1 Å². The van der Waals surface area contributed by atoms with Crippen molar-refractivity contribution in [3.63, 3.8) is 0 Å². The number of imidazole rings is 1. The average molecular weight is 384 g/mol. The van der Waals surface area contributed by atoms with Gasteiger partial charge in [0.1, 0.15) is 12.1 Å². The Labute approximate surface area is 119 Å². The molecule has 19 heavy (non-hydrogen) atoms. The lowest BCUT2D eigenvalue weighted by Gasteiger charge is -2.09. The number of methoxy groups -OCH3 is 1. The molecule has 8 heteroatoms. The number of esters is 1. The SMILES string of the molecule is COC(=O)c1cc(I)cc2c1ncn2CC(F)(F)F. The van der Waals surface area contributed by atoms with E-state index in [-0.39, 0.29) is 16.6 Å². The van der Waals surface area contributed by atoms with Crippen molar-refractivity contribution in [1.29, 1.82) is 0 Å². The molecular formula is C11H8F3IN2O2. The third-order valence-electron chi connectivity index (χ3n) is 2.45. The van der Waals surface area contributed by atoms with E-state index in [9.17, 15) is 18.0 Å². The van der Waals surface area contributed by atoms with E-state index in [2.05, 4.69) is 9.72 Å². The molecule has 0 atom stereocenters. The molecule has 0 N–H and O–H groups in total. The second kappa shape index (κ2) is 4.99. The number of halogens is 4. The van der Waals surface area contributed by atoms with E-state index in [1.54, 1.807) is 6.07 Å². The van der Waals surface area contributed by atoms with Crippen molar-refractivity contribution in [3.05, 3.63) is 27.6 Å². The Morgan fingerprint density at radius 3 is 2.74 bits per heavy atom. The molecule has 0 saturated carbocycles. The van der Waals surface area contributed by atoms with Gasteiger partial charge in [-0.1, -0.05) is 0 Å². The van der Waals surface area contributed by atoms with Crippen LogP contribution < -0.4 is 0 Å². The third kappa shape index (κ3) is 2.99. The molecule has 0 aliphatic heterocycles. The normalized spacial score (nSPS) is 11.8. The Balaban J connectivity index is 2.60. The molecule has 0 spiro atoms. The zero-order valence-corrected chi connectivity index (χ0v) is 11.8. The number of hydrogen-bond donors (Lipinski definition) is 0. The molecular weight excluding hydrogens is 376 g/mol. The van der Waals surface area contributed by atoms with Gasteiger partial charge in [-0.3, -0.25) is 0 Å². The second-order valence-electron chi connectivity index (χ2n) is 3.80. The zero-order valence-electron chi connectivity index (χ0n) is 9.66. The second-order valence-corrected chi connectivity index (χ2v) is 5.05. The number of rotatable bonds is 2. The minimum atomic E-state index is -4.35. The summed E-state index contributed by atoms with van der Waals surface area (Å²) in [6.07, 6.45) is -3.28. The smallest absolute Gasteiger partial charge is 0.406 e. The Bertz CT molecular complexity index is 637. The van der Waals surface area contributed by atoms with Crippen molar-refractivity contribution in [2.24, 2.45) is 0 Å². The van der Waals surface area contributed by atoms with Gasteiger partial charge in [0, 0.05) is 3.57 Å². The number of fused-ring (bicyclic) bond motifs is 1. The molecule has 102 valence electrons. The van der Waals surface area contributed by atoms with Gasteiger partial charge in [-0.2, -0.15) is 13.2 Å². The van der Waals surface area contributed by atoms with Gasteiger partial charge in [-0.25, -0.2) is 9.78 Å². The molecule has 0 aliphatic carbocycles. The lowest BCUT2D eigenvalue weighted by Crippen LogP contribution is -2.17. The zero-order chi connectivity index (χ0) is 14.2. The summed E-state index contributed by atoms with van der Waals surface area (Å²) >= 11 is 1.92. The Hall–Kier alpha value is -1.32. The van der Waals surface area contributed by atoms with Crippen LogP contribution in [-0.4, -0.2) is 28.8 Å². The lowest BCUT2D eigenvalue weighted by atomic mass is 10.2. The topological polar surface area (TPSA) is 44.1 Å².